The molecule has 0 aliphatic heterocycles. The first kappa shape index (κ1) is 73.5. The standard InChI is InChI=1S/C65H126NO8P/c1-6-8-10-12-14-16-18-20-22-23-24-25-26-27-28-29-30-31-32-33-34-35-36-37-38-39-40-41-42-44-45-47-49-51-53-55-57-64(67)71-61-63(62-73-75(69,70)72-60-59-66(3,4)5)74-65(68)58-56-54-52-50-48-46-43-21-19-17-15-13-11-9-7-2/h15,17,21,43,63H,6-14,16,18-20,22-42,44-62H2,1-5H3/p+1/b17-15-,43-21-. The number of likely N-dealkylation sites (N-methyl/N-ethyl adjacent to an activating group) is 1. The summed E-state index contributed by atoms with van der Waals surface area (Å²) in [5, 5.41) is 0. The van der Waals surface area contributed by atoms with Crippen molar-refractivity contribution < 1.29 is 42.1 Å². The molecule has 0 radical (unpaired) electrons. The summed E-state index contributed by atoms with van der Waals surface area (Å²) in [7, 11) is 1.48. The van der Waals surface area contributed by atoms with Crippen LogP contribution in [0.2, 0.25) is 0 Å². The van der Waals surface area contributed by atoms with Crippen molar-refractivity contribution in [1.29, 1.82) is 0 Å². The molecule has 2 unspecified atom stereocenters. The molecule has 10 heteroatoms. The van der Waals surface area contributed by atoms with Gasteiger partial charge in [0.15, 0.2) is 6.10 Å². The van der Waals surface area contributed by atoms with Gasteiger partial charge in [0.05, 0.1) is 27.7 Å². The molecule has 9 nitrogen and oxygen atoms in total. The Labute approximate surface area is 466 Å². The minimum Gasteiger partial charge on any atom is -0.462 e. The molecule has 2 atom stereocenters. The molecule has 1 N–H and O–H groups in total. The molecule has 0 fully saturated rings. The van der Waals surface area contributed by atoms with Crippen LogP contribution >= 0.6 is 7.82 Å². The number of esters is 2. The van der Waals surface area contributed by atoms with Gasteiger partial charge in [-0.25, -0.2) is 4.57 Å². The summed E-state index contributed by atoms with van der Waals surface area (Å²) in [5.41, 5.74) is 0. The molecule has 0 amide bonds. The van der Waals surface area contributed by atoms with Gasteiger partial charge in [0, 0.05) is 12.8 Å². The molecule has 0 aromatic rings. The zero-order valence-electron chi connectivity index (χ0n) is 50.6. The van der Waals surface area contributed by atoms with Gasteiger partial charge in [0.25, 0.3) is 0 Å². The number of carbonyl (C=O) groups excluding carboxylic acids is 2. The number of hydrogen-bond donors (Lipinski definition) is 1. The van der Waals surface area contributed by atoms with Crippen LogP contribution in [0.25, 0.3) is 0 Å². The van der Waals surface area contributed by atoms with Crippen molar-refractivity contribution in [1.82, 2.24) is 0 Å². The Balaban J connectivity index is 3.89. The van der Waals surface area contributed by atoms with Crippen molar-refractivity contribution in [2.45, 2.75) is 335 Å². The van der Waals surface area contributed by atoms with Crippen molar-refractivity contribution in [3.63, 3.8) is 0 Å². The van der Waals surface area contributed by atoms with Crippen LogP contribution in [-0.4, -0.2) is 74.9 Å². The van der Waals surface area contributed by atoms with E-state index < -0.39 is 26.5 Å². The Morgan fingerprint density at radius 1 is 0.413 bits per heavy atom. The van der Waals surface area contributed by atoms with Crippen LogP contribution in [0, 0.1) is 0 Å². The highest BCUT2D eigenvalue weighted by Gasteiger charge is 2.27. The van der Waals surface area contributed by atoms with Gasteiger partial charge in [0.1, 0.15) is 19.8 Å². The van der Waals surface area contributed by atoms with E-state index >= 15 is 0 Å². The molecule has 0 aliphatic rings. The van der Waals surface area contributed by atoms with Gasteiger partial charge in [-0.05, 0) is 44.9 Å². The van der Waals surface area contributed by atoms with Crippen LogP contribution in [0.4, 0.5) is 0 Å². The fourth-order valence-electron chi connectivity index (χ4n) is 9.70. The molecule has 0 saturated heterocycles. The third-order valence-corrected chi connectivity index (χ3v) is 15.7. The molecule has 0 heterocycles. The quantitative estimate of drug-likeness (QED) is 0.0211. The number of hydrogen-bond acceptors (Lipinski definition) is 7. The Hall–Kier alpha value is -1.51. The van der Waals surface area contributed by atoms with E-state index in [9.17, 15) is 19.0 Å². The summed E-state index contributed by atoms with van der Waals surface area (Å²) < 4.78 is 34.6. The number of allylic oxidation sites excluding steroid dienone is 4. The molecule has 0 saturated carbocycles. The van der Waals surface area contributed by atoms with Crippen LogP contribution in [0.15, 0.2) is 24.3 Å². The van der Waals surface area contributed by atoms with Gasteiger partial charge in [0.2, 0.25) is 0 Å². The third-order valence-electron chi connectivity index (χ3n) is 14.7. The van der Waals surface area contributed by atoms with Crippen molar-refractivity contribution >= 4 is 19.8 Å². The van der Waals surface area contributed by atoms with E-state index in [-0.39, 0.29) is 25.6 Å². The Morgan fingerprint density at radius 3 is 1.08 bits per heavy atom. The number of rotatable bonds is 61. The third kappa shape index (κ3) is 61.6. The van der Waals surface area contributed by atoms with E-state index in [4.69, 9.17) is 18.5 Å². The number of unbranched alkanes of at least 4 members (excludes halogenated alkanes) is 43. The number of phosphoric acid groups is 1. The van der Waals surface area contributed by atoms with Crippen molar-refractivity contribution in [2.24, 2.45) is 0 Å². The van der Waals surface area contributed by atoms with Crippen molar-refractivity contribution in [3.8, 4) is 0 Å². The summed E-state index contributed by atoms with van der Waals surface area (Å²) >= 11 is 0. The van der Waals surface area contributed by atoms with E-state index in [1.807, 2.05) is 21.1 Å². The largest absolute Gasteiger partial charge is 0.472 e. The summed E-state index contributed by atoms with van der Waals surface area (Å²) in [5.74, 6) is -0.798. The average Bonchev–Trinajstić information content (AvgIpc) is 3.37. The van der Waals surface area contributed by atoms with E-state index in [0.717, 1.165) is 57.8 Å². The van der Waals surface area contributed by atoms with Gasteiger partial charge < -0.3 is 18.9 Å². The Bertz CT molecular complexity index is 1320. The maximum absolute atomic E-state index is 12.8. The van der Waals surface area contributed by atoms with Gasteiger partial charge in [-0.2, -0.15) is 0 Å². The normalized spacial score (nSPS) is 13.3. The first-order valence-electron chi connectivity index (χ1n) is 32.6. The second-order valence-electron chi connectivity index (χ2n) is 23.5. The molecule has 444 valence electrons. The minimum absolute atomic E-state index is 0.0311. The van der Waals surface area contributed by atoms with Crippen molar-refractivity contribution in [2.75, 3.05) is 47.5 Å². The number of ether oxygens (including phenoxy) is 2. The number of phosphoric ester groups is 1. The molecule has 0 aliphatic carbocycles. The predicted molar refractivity (Wildman–Crippen MR) is 321 cm³/mol. The highest BCUT2D eigenvalue weighted by Crippen LogP contribution is 2.43. The van der Waals surface area contributed by atoms with Crippen LogP contribution in [0.5, 0.6) is 0 Å². The summed E-state index contributed by atoms with van der Waals surface area (Å²) in [6.07, 6.45) is 70.1. The monoisotopic (exact) mass is 1080 g/mol. The predicted octanol–water partition coefficient (Wildman–Crippen LogP) is 20.5. The molecule has 0 aromatic heterocycles. The van der Waals surface area contributed by atoms with Crippen LogP contribution in [-0.2, 0) is 32.7 Å². The van der Waals surface area contributed by atoms with Crippen molar-refractivity contribution in [3.05, 3.63) is 24.3 Å². The van der Waals surface area contributed by atoms with E-state index in [2.05, 4.69) is 38.2 Å². The highest BCUT2D eigenvalue weighted by atomic mass is 31.2. The summed E-state index contributed by atoms with van der Waals surface area (Å²) in [4.78, 5) is 35.7. The molecule has 75 heavy (non-hydrogen) atoms. The Kier molecular flexibility index (Phi) is 56.0. The van der Waals surface area contributed by atoms with Crippen LogP contribution in [0.1, 0.15) is 328 Å². The molecular formula is C65H127NO8P+. The second kappa shape index (κ2) is 57.2. The SMILES string of the molecule is CCCCC/C=C\C/C=C\CCCCCCCC(=O)OC(COC(=O)CCCCCCCCCCCCCCCCCCCCCCCCCCCCCCCCCCCCCC)COP(=O)(O)OCC[N+](C)(C)C. The van der Waals surface area contributed by atoms with Gasteiger partial charge in [-0.15, -0.1) is 0 Å². The lowest BCUT2D eigenvalue weighted by atomic mass is 10.0. The lowest BCUT2D eigenvalue weighted by Crippen LogP contribution is -2.37. The van der Waals surface area contributed by atoms with E-state index in [1.165, 1.54) is 238 Å². The lowest BCUT2D eigenvalue weighted by molar-refractivity contribution is -0.870. The maximum Gasteiger partial charge on any atom is 0.472 e. The van der Waals surface area contributed by atoms with Crippen LogP contribution < -0.4 is 0 Å². The smallest absolute Gasteiger partial charge is 0.462 e. The Morgan fingerprint density at radius 2 is 0.720 bits per heavy atom. The van der Waals surface area contributed by atoms with Crippen LogP contribution in [0.3, 0.4) is 0 Å². The van der Waals surface area contributed by atoms with Gasteiger partial charge in [-0.3, -0.25) is 18.6 Å². The maximum atomic E-state index is 12.8. The first-order chi connectivity index (χ1) is 36.5. The van der Waals surface area contributed by atoms with E-state index in [0.29, 0.717) is 23.9 Å². The summed E-state index contributed by atoms with van der Waals surface area (Å²) in [6.45, 7) is 4.44. The zero-order valence-corrected chi connectivity index (χ0v) is 51.5. The van der Waals surface area contributed by atoms with E-state index in [1.54, 1.807) is 0 Å². The topological polar surface area (TPSA) is 108 Å². The molecule has 0 spiro atoms. The molecule has 0 aromatic carbocycles. The molecular weight excluding hydrogens is 954 g/mol. The fraction of sp³-hybridized carbons (Fsp3) is 0.908. The highest BCUT2D eigenvalue weighted by molar-refractivity contribution is 7.47. The second-order valence-corrected chi connectivity index (χ2v) is 25.0. The number of nitrogens with zero attached hydrogens (tertiary/aromatic N) is 1. The number of quaternary nitrogens is 1. The summed E-state index contributed by atoms with van der Waals surface area (Å²) in [6, 6.07) is 0. The van der Waals surface area contributed by atoms with Gasteiger partial charge in [-0.1, -0.05) is 295 Å². The molecule has 0 bridgehead atoms. The zero-order chi connectivity index (χ0) is 54.9. The first-order valence-corrected chi connectivity index (χ1v) is 34.1. The molecule has 0 rings (SSSR count). The average molecular weight is 1080 g/mol. The minimum atomic E-state index is -4.39. The fourth-order valence-corrected chi connectivity index (χ4v) is 10.4. The number of carbonyl (C=O) groups is 2. The van der Waals surface area contributed by atoms with Gasteiger partial charge >= 0.3 is 19.8 Å². The lowest BCUT2D eigenvalue weighted by Gasteiger charge is -2.24.